The SMILES string of the molecule is Cc1ccc(-c2nc(CN3C(=O)N[C@](C)(CCC(C)C)C3=O)cs2)cc1. The van der Waals surface area contributed by atoms with E-state index in [0.29, 0.717) is 12.3 Å². The molecule has 3 amide bonds. The summed E-state index contributed by atoms with van der Waals surface area (Å²) in [7, 11) is 0. The lowest BCUT2D eigenvalue weighted by molar-refractivity contribution is -0.131. The van der Waals surface area contributed by atoms with Crippen molar-refractivity contribution in [3.63, 3.8) is 0 Å². The van der Waals surface area contributed by atoms with Gasteiger partial charge in [-0.1, -0.05) is 43.7 Å². The first-order chi connectivity index (χ1) is 12.3. The molecule has 2 heterocycles. The summed E-state index contributed by atoms with van der Waals surface area (Å²) < 4.78 is 0. The lowest BCUT2D eigenvalue weighted by Crippen LogP contribution is -2.44. The third kappa shape index (κ3) is 3.80. The van der Waals surface area contributed by atoms with Crippen molar-refractivity contribution in [1.82, 2.24) is 15.2 Å². The molecule has 0 radical (unpaired) electrons. The molecule has 1 fully saturated rings. The second kappa shape index (κ2) is 7.19. The summed E-state index contributed by atoms with van der Waals surface area (Å²) in [6, 6.07) is 7.84. The van der Waals surface area contributed by atoms with Gasteiger partial charge >= 0.3 is 6.03 Å². The average molecular weight is 372 g/mol. The van der Waals surface area contributed by atoms with Crippen LogP contribution in [-0.4, -0.2) is 27.4 Å². The highest BCUT2D eigenvalue weighted by Gasteiger charge is 2.47. The van der Waals surface area contributed by atoms with Crippen molar-refractivity contribution < 1.29 is 9.59 Å². The maximum absolute atomic E-state index is 12.8. The van der Waals surface area contributed by atoms with Gasteiger partial charge in [-0.15, -0.1) is 11.3 Å². The fourth-order valence-corrected chi connectivity index (χ4v) is 3.82. The molecular weight excluding hydrogens is 346 g/mol. The second-order valence-corrected chi connectivity index (χ2v) is 8.45. The van der Waals surface area contributed by atoms with Crippen LogP contribution in [0.1, 0.15) is 44.9 Å². The van der Waals surface area contributed by atoms with Crippen molar-refractivity contribution in [1.29, 1.82) is 0 Å². The largest absolute Gasteiger partial charge is 0.325 e. The van der Waals surface area contributed by atoms with Crippen LogP contribution in [0.4, 0.5) is 4.79 Å². The first-order valence-corrected chi connectivity index (χ1v) is 9.82. The molecule has 0 unspecified atom stereocenters. The number of hydrogen-bond acceptors (Lipinski definition) is 4. The third-order valence-electron chi connectivity index (χ3n) is 4.74. The van der Waals surface area contributed by atoms with Gasteiger partial charge in [-0.2, -0.15) is 0 Å². The molecule has 1 aliphatic rings. The standard InChI is InChI=1S/C20H25N3O2S/c1-13(2)9-10-20(4)18(24)23(19(25)22-20)11-16-12-26-17(21-16)15-7-5-14(3)6-8-15/h5-8,12-13H,9-11H2,1-4H3,(H,22,25)/t20-/m1/s1. The van der Waals surface area contributed by atoms with E-state index < -0.39 is 5.54 Å². The van der Waals surface area contributed by atoms with Crippen LogP contribution in [0, 0.1) is 12.8 Å². The number of amides is 3. The predicted octanol–water partition coefficient (Wildman–Crippen LogP) is 4.37. The van der Waals surface area contributed by atoms with Gasteiger partial charge in [-0.25, -0.2) is 9.78 Å². The van der Waals surface area contributed by atoms with Crippen molar-refractivity contribution in [2.45, 2.75) is 52.6 Å². The highest BCUT2D eigenvalue weighted by molar-refractivity contribution is 7.13. The zero-order valence-corrected chi connectivity index (χ0v) is 16.5. The number of nitrogens with one attached hydrogen (secondary N) is 1. The molecule has 1 aliphatic heterocycles. The smallest absolute Gasteiger partial charge is 0.323 e. The summed E-state index contributed by atoms with van der Waals surface area (Å²) >= 11 is 1.53. The quantitative estimate of drug-likeness (QED) is 0.767. The lowest BCUT2D eigenvalue weighted by Gasteiger charge is -2.22. The molecule has 1 aromatic heterocycles. The van der Waals surface area contributed by atoms with E-state index in [0.717, 1.165) is 22.7 Å². The third-order valence-corrected chi connectivity index (χ3v) is 5.68. The topological polar surface area (TPSA) is 62.3 Å². The first-order valence-electron chi connectivity index (χ1n) is 8.94. The highest BCUT2D eigenvalue weighted by atomic mass is 32.1. The van der Waals surface area contributed by atoms with E-state index in [4.69, 9.17) is 0 Å². The van der Waals surface area contributed by atoms with Crippen LogP contribution in [0.2, 0.25) is 0 Å². The Morgan fingerprint density at radius 2 is 1.92 bits per heavy atom. The Hall–Kier alpha value is -2.21. The molecule has 1 aromatic carbocycles. The molecule has 5 nitrogen and oxygen atoms in total. The van der Waals surface area contributed by atoms with Crippen LogP contribution in [-0.2, 0) is 11.3 Å². The Kier molecular flexibility index (Phi) is 5.14. The Bertz CT molecular complexity index is 813. The van der Waals surface area contributed by atoms with Gasteiger partial charge < -0.3 is 5.32 Å². The van der Waals surface area contributed by atoms with E-state index in [1.54, 1.807) is 0 Å². The number of rotatable bonds is 6. The van der Waals surface area contributed by atoms with Gasteiger partial charge in [0.1, 0.15) is 10.5 Å². The number of urea groups is 1. The van der Waals surface area contributed by atoms with Crippen LogP contribution in [0.25, 0.3) is 10.6 Å². The van der Waals surface area contributed by atoms with Gasteiger partial charge in [0.25, 0.3) is 5.91 Å². The summed E-state index contributed by atoms with van der Waals surface area (Å²) in [4.78, 5) is 31.0. The number of benzene rings is 1. The van der Waals surface area contributed by atoms with Crippen molar-refractivity contribution in [2.75, 3.05) is 0 Å². The van der Waals surface area contributed by atoms with Crippen LogP contribution < -0.4 is 5.32 Å². The Balaban J connectivity index is 1.72. The van der Waals surface area contributed by atoms with E-state index in [2.05, 4.69) is 24.1 Å². The molecule has 0 bridgehead atoms. The summed E-state index contributed by atoms with van der Waals surface area (Å²) in [5, 5.41) is 5.68. The van der Waals surface area contributed by atoms with Crippen LogP contribution in [0.3, 0.4) is 0 Å². The summed E-state index contributed by atoms with van der Waals surface area (Å²) in [6.07, 6.45) is 1.54. The average Bonchev–Trinajstić information content (AvgIpc) is 3.13. The Morgan fingerprint density at radius 3 is 2.58 bits per heavy atom. The van der Waals surface area contributed by atoms with Crippen molar-refractivity contribution in [2.24, 2.45) is 5.92 Å². The predicted molar refractivity (Wildman–Crippen MR) is 104 cm³/mol. The van der Waals surface area contributed by atoms with E-state index in [1.807, 2.05) is 43.5 Å². The minimum absolute atomic E-state index is 0.159. The van der Waals surface area contributed by atoms with Crippen LogP contribution in [0.15, 0.2) is 29.6 Å². The minimum Gasteiger partial charge on any atom is -0.323 e. The summed E-state index contributed by atoms with van der Waals surface area (Å²) in [5.74, 6) is 0.328. The van der Waals surface area contributed by atoms with Crippen molar-refractivity contribution in [3.8, 4) is 10.6 Å². The van der Waals surface area contributed by atoms with E-state index in [9.17, 15) is 9.59 Å². The molecule has 26 heavy (non-hydrogen) atoms. The van der Waals surface area contributed by atoms with Crippen molar-refractivity contribution >= 4 is 23.3 Å². The van der Waals surface area contributed by atoms with E-state index in [-0.39, 0.29) is 18.5 Å². The normalized spacial score (nSPS) is 20.1. The molecule has 3 rings (SSSR count). The molecule has 0 spiro atoms. The molecule has 0 aliphatic carbocycles. The second-order valence-electron chi connectivity index (χ2n) is 7.60. The Morgan fingerprint density at radius 1 is 1.23 bits per heavy atom. The number of aromatic nitrogens is 1. The van der Waals surface area contributed by atoms with Crippen LogP contribution in [0.5, 0.6) is 0 Å². The van der Waals surface area contributed by atoms with Gasteiger partial charge in [0.2, 0.25) is 0 Å². The zero-order chi connectivity index (χ0) is 18.9. The Labute approximate surface area is 158 Å². The molecule has 1 saturated heterocycles. The number of imide groups is 1. The van der Waals surface area contributed by atoms with Crippen LogP contribution >= 0.6 is 11.3 Å². The highest BCUT2D eigenvalue weighted by Crippen LogP contribution is 2.28. The molecular formula is C20H25N3O2S. The van der Waals surface area contributed by atoms with E-state index in [1.165, 1.54) is 21.8 Å². The number of aryl methyl sites for hydroxylation is 1. The van der Waals surface area contributed by atoms with E-state index >= 15 is 0 Å². The first kappa shape index (κ1) is 18.6. The van der Waals surface area contributed by atoms with Gasteiger partial charge in [0.15, 0.2) is 0 Å². The molecule has 138 valence electrons. The molecule has 2 aromatic rings. The van der Waals surface area contributed by atoms with Gasteiger partial charge in [0.05, 0.1) is 12.2 Å². The van der Waals surface area contributed by atoms with Gasteiger partial charge in [-0.05, 0) is 32.6 Å². The van der Waals surface area contributed by atoms with Gasteiger partial charge in [-0.3, -0.25) is 9.69 Å². The summed E-state index contributed by atoms with van der Waals surface area (Å²) in [6.45, 7) is 8.30. The number of hydrogen-bond donors (Lipinski definition) is 1. The summed E-state index contributed by atoms with van der Waals surface area (Å²) in [5.41, 5.74) is 2.18. The lowest BCUT2D eigenvalue weighted by atomic mass is 9.92. The number of carbonyl (C=O) groups is 2. The maximum atomic E-state index is 12.8. The molecule has 1 N–H and O–H groups in total. The minimum atomic E-state index is -0.808. The molecule has 1 atom stereocenters. The zero-order valence-electron chi connectivity index (χ0n) is 15.7. The number of thiazole rings is 1. The monoisotopic (exact) mass is 371 g/mol. The van der Waals surface area contributed by atoms with Gasteiger partial charge in [0, 0.05) is 10.9 Å². The maximum Gasteiger partial charge on any atom is 0.325 e. The number of nitrogens with zero attached hydrogens (tertiary/aromatic N) is 2. The fraction of sp³-hybridized carbons (Fsp3) is 0.450. The molecule has 0 saturated carbocycles. The van der Waals surface area contributed by atoms with Crippen molar-refractivity contribution in [3.05, 3.63) is 40.9 Å². The molecule has 6 heteroatoms. The fourth-order valence-electron chi connectivity index (χ4n) is 3.01. The number of carbonyl (C=O) groups excluding carboxylic acids is 2.